The Bertz CT molecular complexity index is 982. The van der Waals surface area contributed by atoms with Gasteiger partial charge in [0.2, 0.25) is 0 Å². The lowest BCUT2D eigenvalue weighted by Crippen LogP contribution is -2.65. The van der Waals surface area contributed by atoms with Crippen molar-refractivity contribution in [3.63, 3.8) is 0 Å². The Morgan fingerprint density at radius 3 is 2.32 bits per heavy atom. The maximum absolute atomic E-state index is 13.0. The van der Waals surface area contributed by atoms with Gasteiger partial charge in [0.15, 0.2) is 5.78 Å². The third-order valence-corrected chi connectivity index (χ3v) is 10.3. The van der Waals surface area contributed by atoms with Gasteiger partial charge >= 0.3 is 5.97 Å². The lowest BCUT2D eigenvalue weighted by molar-refractivity contribution is -0.219. The van der Waals surface area contributed by atoms with Crippen molar-refractivity contribution in [1.29, 1.82) is 0 Å². The van der Waals surface area contributed by atoms with Gasteiger partial charge < -0.3 is 25.2 Å². The average molecular weight is 519 g/mol. The fourth-order valence-electron chi connectivity index (χ4n) is 8.13. The number of esters is 1. The molecule has 208 valence electrons. The molecule has 0 amide bonds. The van der Waals surface area contributed by atoms with Gasteiger partial charge in [-0.25, -0.2) is 0 Å². The van der Waals surface area contributed by atoms with Crippen molar-refractivity contribution in [3.8, 4) is 0 Å². The lowest BCUT2D eigenvalue weighted by Gasteiger charge is -2.52. The average Bonchev–Trinajstić information content (AvgIpc) is 3.28. The number of carbonyl (C=O) groups is 2. The van der Waals surface area contributed by atoms with Gasteiger partial charge in [0.05, 0.1) is 18.3 Å². The summed E-state index contributed by atoms with van der Waals surface area (Å²) in [4.78, 5) is 26.1. The number of hydrogen-bond donors (Lipinski definition) is 4. The van der Waals surface area contributed by atoms with Crippen LogP contribution < -0.4 is 0 Å². The van der Waals surface area contributed by atoms with Crippen LogP contribution in [-0.4, -0.2) is 61.7 Å². The normalized spacial score (nSPS) is 41.6. The fourth-order valence-corrected chi connectivity index (χ4v) is 8.13. The molecule has 0 bridgehead atoms. The molecule has 4 aliphatic rings. The van der Waals surface area contributed by atoms with Crippen LogP contribution in [0.3, 0.4) is 0 Å². The summed E-state index contributed by atoms with van der Waals surface area (Å²) in [5, 5.41) is 45.7. The molecule has 37 heavy (non-hydrogen) atoms. The highest BCUT2D eigenvalue weighted by Gasteiger charge is 2.86. The maximum Gasteiger partial charge on any atom is 0.306 e. The second-order valence-electron chi connectivity index (χ2n) is 12.7. The van der Waals surface area contributed by atoms with E-state index >= 15 is 0 Å². The van der Waals surface area contributed by atoms with Gasteiger partial charge in [0, 0.05) is 41.9 Å². The Morgan fingerprint density at radius 1 is 1.08 bits per heavy atom. The van der Waals surface area contributed by atoms with Crippen LogP contribution in [0.5, 0.6) is 0 Å². The molecule has 4 rings (SSSR count). The van der Waals surface area contributed by atoms with E-state index in [4.69, 9.17) is 4.74 Å². The largest absolute Gasteiger partial charge is 0.455 e. The highest BCUT2D eigenvalue weighted by atomic mass is 16.6. The summed E-state index contributed by atoms with van der Waals surface area (Å²) in [6.07, 6.45) is 10.0. The van der Waals surface area contributed by atoms with Gasteiger partial charge in [-0.2, -0.15) is 0 Å². The molecule has 7 nitrogen and oxygen atoms in total. The zero-order valence-electron chi connectivity index (χ0n) is 23.1. The molecule has 2 saturated carbocycles. The minimum atomic E-state index is -1.89. The van der Waals surface area contributed by atoms with Crippen LogP contribution in [0, 0.1) is 29.1 Å². The molecular formula is C30H46O7. The highest BCUT2D eigenvalue weighted by molar-refractivity contribution is 6.04. The SMILES string of the molecule is CCCCCCCCCC(=O)O[C@@]12C(O)[C@@H](C)[C@@]3(O)[C@@H](C=C(CO)C[C@]4(O)C(=O)C(C)=C[C@@H]34)[C@@H]1C2(C)C. The maximum atomic E-state index is 13.0. The van der Waals surface area contributed by atoms with E-state index in [1.807, 2.05) is 13.8 Å². The molecule has 7 heteroatoms. The third kappa shape index (κ3) is 4.07. The smallest absolute Gasteiger partial charge is 0.306 e. The number of carbonyl (C=O) groups excluding carboxylic acids is 2. The number of rotatable bonds is 10. The number of Topliss-reactive ketones (excluding diaryl/α,β-unsaturated/α-hetero) is 1. The molecular weight excluding hydrogens is 472 g/mol. The number of ether oxygens (including phenoxy) is 1. The van der Waals surface area contributed by atoms with Gasteiger partial charge in [-0.3, -0.25) is 9.59 Å². The van der Waals surface area contributed by atoms with E-state index in [9.17, 15) is 30.0 Å². The Morgan fingerprint density at radius 2 is 1.70 bits per heavy atom. The quantitative estimate of drug-likeness (QED) is 0.198. The summed E-state index contributed by atoms with van der Waals surface area (Å²) in [6, 6.07) is 0. The van der Waals surface area contributed by atoms with Crippen molar-refractivity contribution in [3.05, 3.63) is 23.3 Å². The Balaban J connectivity index is 1.59. The topological polar surface area (TPSA) is 124 Å². The zero-order chi connectivity index (χ0) is 27.4. The molecule has 0 heterocycles. The van der Waals surface area contributed by atoms with E-state index in [0.717, 1.165) is 19.3 Å². The fraction of sp³-hybridized carbons (Fsp3) is 0.800. The first kappa shape index (κ1) is 28.5. The molecule has 0 radical (unpaired) electrons. The monoisotopic (exact) mass is 518 g/mol. The van der Waals surface area contributed by atoms with Gasteiger partial charge in [0.25, 0.3) is 0 Å². The number of ketones is 1. The summed E-state index contributed by atoms with van der Waals surface area (Å²) in [6.45, 7) is 9.03. The van der Waals surface area contributed by atoms with Crippen LogP contribution in [0.2, 0.25) is 0 Å². The van der Waals surface area contributed by atoms with Crippen LogP contribution in [0.4, 0.5) is 0 Å². The van der Waals surface area contributed by atoms with Crippen LogP contribution in [0.1, 0.15) is 92.4 Å². The predicted molar refractivity (Wildman–Crippen MR) is 139 cm³/mol. The van der Waals surface area contributed by atoms with Crippen molar-refractivity contribution in [2.45, 2.75) is 115 Å². The zero-order valence-corrected chi connectivity index (χ0v) is 23.1. The molecule has 0 aromatic carbocycles. The Kier molecular flexibility index (Phi) is 7.61. The Labute approximate surface area is 221 Å². The van der Waals surface area contributed by atoms with E-state index in [-0.39, 0.29) is 25.4 Å². The van der Waals surface area contributed by atoms with Gasteiger partial charge in [-0.15, -0.1) is 0 Å². The second kappa shape index (κ2) is 9.89. The molecule has 0 aromatic rings. The van der Waals surface area contributed by atoms with Crippen molar-refractivity contribution in [2.75, 3.05) is 6.61 Å². The molecule has 1 unspecified atom stereocenters. The van der Waals surface area contributed by atoms with Crippen molar-refractivity contribution in [1.82, 2.24) is 0 Å². The van der Waals surface area contributed by atoms with E-state index in [1.54, 1.807) is 26.0 Å². The molecule has 0 saturated heterocycles. The molecule has 0 aliphatic heterocycles. The Hall–Kier alpha value is -1.54. The van der Waals surface area contributed by atoms with E-state index in [2.05, 4.69) is 6.92 Å². The van der Waals surface area contributed by atoms with Gasteiger partial charge in [-0.1, -0.05) is 78.4 Å². The van der Waals surface area contributed by atoms with Crippen LogP contribution in [0.25, 0.3) is 0 Å². The van der Waals surface area contributed by atoms with Crippen molar-refractivity contribution in [2.24, 2.45) is 29.1 Å². The van der Waals surface area contributed by atoms with Gasteiger partial charge in [0.1, 0.15) is 11.2 Å². The van der Waals surface area contributed by atoms with Crippen LogP contribution >= 0.6 is 0 Å². The summed E-state index contributed by atoms with van der Waals surface area (Å²) < 4.78 is 6.14. The summed E-state index contributed by atoms with van der Waals surface area (Å²) in [7, 11) is 0. The molecule has 0 spiro atoms. The predicted octanol–water partition coefficient (Wildman–Crippen LogP) is 3.62. The number of aliphatic hydroxyl groups excluding tert-OH is 2. The first-order valence-corrected chi connectivity index (χ1v) is 14.2. The first-order chi connectivity index (χ1) is 17.3. The van der Waals surface area contributed by atoms with Crippen molar-refractivity contribution < 1.29 is 34.8 Å². The number of hydrogen-bond acceptors (Lipinski definition) is 7. The molecule has 8 atom stereocenters. The van der Waals surface area contributed by atoms with E-state index < -0.39 is 57.8 Å². The molecule has 4 N–H and O–H groups in total. The number of fused-ring (bicyclic) bond motifs is 5. The molecule has 2 fully saturated rings. The van der Waals surface area contributed by atoms with Gasteiger partial charge in [-0.05, 0) is 24.5 Å². The lowest BCUT2D eigenvalue weighted by atomic mass is 9.59. The summed E-state index contributed by atoms with van der Waals surface area (Å²) in [5.74, 6) is -3.60. The van der Waals surface area contributed by atoms with Crippen LogP contribution in [-0.2, 0) is 14.3 Å². The number of aliphatic hydroxyl groups is 4. The van der Waals surface area contributed by atoms with E-state index in [1.165, 1.54) is 25.7 Å². The summed E-state index contributed by atoms with van der Waals surface area (Å²) >= 11 is 0. The summed E-state index contributed by atoms with van der Waals surface area (Å²) in [5.41, 5.74) is -4.53. The van der Waals surface area contributed by atoms with Crippen molar-refractivity contribution >= 4 is 11.8 Å². The minimum absolute atomic E-state index is 0.0827. The molecule has 4 aliphatic carbocycles. The molecule has 0 aromatic heterocycles. The minimum Gasteiger partial charge on any atom is -0.455 e. The van der Waals surface area contributed by atoms with Crippen LogP contribution in [0.15, 0.2) is 23.3 Å². The third-order valence-electron chi connectivity index (χ3n) is 10.3. The second-order valence-corrected chi connectivity index (χ2v) is 12.7. The van der Waals surface area contributed by atoms with E-state index in [0.29, 0.717) is 11.1 Å². The number of unbranched alkanes of at least 4 members (excludes halogenated alkanes) is 6. The first-order valence-electron chi connectivity index (χ1n) is 14.2. The standard InChI is InChI=1S/C30H46O7/c1-6-7-8-9-10-11-12-13-23(32)37-30-24(27(30,4)5)21-15-20(17-31)16-28(35)22(14-18(2)25(28)33)29(21,36)19(3)26(30)34/h14-15,19,21-22,24,26,31,34-36H,6-13,16-17H2,1-5H3/t19-,21+,22-,24-,26?,28-,29-,30-/m1/s1. The highest BCUT2D eigenvalue weighted by Crippen LogP contribution is 2.76.